The minimum Gasteiger partial charge on any atom is -0.437 e. The molecular weight excluding hydrogens is 531 g/mol. The van der Waals surface area contributed by atoms with Crippen molar-refractivity contribution < 1.29 is 36.0 Å². The van der Waals surface area contributed by atoms with Gasteiger partial charge in [0.15, 0.2) is 5.78 Å². The number of fused-ring (bicyclic) bond motifs is 1. The molecule has 0 spiro atoms. The molecule has 1 N–H and O–H groups in total. The molecule has 210 valence electrons. The fraction of sp³-hybridized carbons (Fsp3) is 0.300. The Bertz CT molecular complexity index is 1560. The van der Waals surface area contributed by atoms with Crippen LogP contribution in [-0.4, -0.2) is 35.1 Å². The standard InChI is InChI=1S/C30H27F5N2O3/c1-4-24(38)25-22-15-21(18-6-5-7-19(14-18)27(39)37-29(2,3)16-31)23(12-13-30(33,34)35)36-28(22)40-26(25)17-8-10-20(32)11-9-17/h5-11,14-15H,4,12-13,16H2,1-3H3,(H,37,39). The van der Waals surface area contributed by atoms with E-state index in [0.29, 0.717) is 11.1 Å². The van der Waals surface area contributed by atoms with Crippen LogP contribution in [0.5, 0.6) is 0 Å². The summed E-state index contributed by atoms with van der Waals surface area (Å²) in [7, 11) is 0. The number of rotatable bonds is 9. The van der Waals surface area contributed by atoms with Crippen molar-refractivity contribution in [1.29, 1.82) is 0 Å². The molecule has 0 aliphatic heterocycles. The zero-order valence-corrected chi connectivity index (χ0v) is 22.1. The highest BCUT2D eigenvalue weighted by molar-refractivity contribution is 6.12. The van der Waals surface area contributed by atoms with E-state index in [1.165, 1.54) is 56.3 Å². The molecule has 2 aromatic carbocycles. The first-order chi connectivity index (χ1) is 18.8. The number of furan rings is 1. The second-order valence-corrected chi connectivity index (χ2v) is 10.1. The van der Waals surface area contributed by atoms with Gasteiger partial charge >= 0.3 is 6.18 Å². The van der Waals surface area contributed by atoms with Crippen LogP contribution in [0.4, 0.5) is 22.0 Å². The predicted octanol–water partition coefficient (Wildman–Crippen LogP) is 7.87. The third-order valence-electron chi connectivity index (χ3n) is 6.34. The minimum atomic E-state index is -4.46. The molecule has 2 heterocycles. The number of ketones is 1. The Morgan fingerprint density at radius 3 is 2.33 bits per heavy atom. The number of nitrogens with one attached hydrogen (secondary N) is 1. The van der Waals surface area contributed by atoms with Crippen LogP contribution in [0.1, 0.15) is 60.0 Å². The number of carbonyl (C=O) groups excluding carboxylic acids is 2. The predicted molar refractivity (Wildman–Crippen MR) is 141 cm³/mol. The first kappa shape index (κ1) is 28.9. The normalized spacial score (nSPS) is 12.1. The van der Waals surface area contributed by atoms with Crippen LogP contribution < -0.4 is 5.32 Å². The summed E-state index contributed by atoms with van der Waals surface area (Å²) in [6.07, 6.45) is -5.99. The van der Waals surface area contributed by atoms with Gasteiger partial charge in [0.05, 0.1) is 22.2 Å². The summed E-state index contributed by atoms with van der Waals surface area (Å²) in [6, 6.07) is 13.0. The molecule has 4 aromatic rings. The second-order valence-electron chi connectivity index (χ2n) is 10.1. The number of aryl methyl sites for hydroxylation is 1. The molecule has 10 heteroatoms. The Morgan fingerprint density at radius 1 is 1.00 bits per heavy atom. The monoisotopic (exact) mass is 558 g/mol. The number of pyridine rings is 1. The third-order valence-corrected chi connectivity index (χ3v) is 6.34. The molecule has 0 saturated heterocycles. The average Bonchev–Trinajstić information content (AvgIpc) is 3.29. The molecule has 5 nitrogen and oxygen atoms in total. The van der Waals surface area contributed by atoms with E-state index in [4.69, 9.17) is 4.42 Å². The highest BCUT2D eigenvalue weighted by Crippen LogP contribution is 2.38. The number of aromatic nitrogens is 1. The van der Waals surface area contributed by atoms with Crippen molar-refractivity contribution in [1.82, 2.24) is 10.3 Å². The summed E-state index contributed by atoms with van der Waals surface area (Å²) in [4.78, 5) is 30.2. The van der Waals surface area contributed by atoms with Crippen molar-refractivity contribution in [3.05, 3.63) is 77.2 Å². The number of hydrogen-bond acceptors (Lipinski definition) is 4. The average molecular weight is 559 g/mol. The first-order valence-electron chi connectivity index (χ1n) is 12.6. The van der Waals surface area contributed by atoms with Gasteiger partial charge in [-0.1, -0.05) is 19.1 Å². The molecule has 1 amide bonds. The Morgan fingerprint density at radius 2 is 1.70 bits per heavy atom. The molecule has 0 bridgehead atoms. The number of carbonyl (C=O) groups is 2. The summed E-state index contributed by atoms with van der Waals surface area (Å²) >= 11 is 0. The van der Waals surface area contributed by atoms with Crippen LogP contribution in [0.3, 0.4) is 0 Å². The van der Waals surface area contributed by atoms with Gasteiger partial charge in [0.2, 0.25) is 5.71 Å². The van der Waals surface area contributed by atoms with Crippen molar-refractivity contribution in [3.8, 4) is 22.5 Å². The lowest BCUT2D eigenvalue weighted by molar-refractivity contribution is -0.134. The van der Waals surface area contributed by atoms with Gasteiger partial charge in [0, 0.05) is 29.5 Å². The number of benzene rings is 2. The first-order valence-corrected chi connectivity index (χ1v) is 12.6. The molecule has 0 atom stereocenters. The van der Waals surface area contributed by atoms with Gasteiger partial charge in [-0.25, -0.2) is 13.8 Å². The number of Topliss-reactive ketones (excluding diaryl/α,β-unsaturated/α-hetero) is 1. The van der Waals surface area contributed by atoms with Crippen LogP contribution in [0, 0.1) is 5.82 Å². The van der Waals surface area contributed by atoms with Gasteiger partial charge < -0.3 is 9.73 Å². The van der Waals surface area contributed by atoms with Gasteiger partial charge in [-0.15, -0.1) is 0 Å². The van der Waals surface area contributed by atoms with Crippen molar-refractivity contribution in [3.63, 3.8) is 0 Å². The van der Waals surface area contributed by atoms with E-state index in [0.717, 1.165) is 0 Å². The van der Waals surface area contributed by atoms with E-state index in [1.54, 1.807) is 19.1 Å². The minimum absolute atomic E-state index is 0.0318. The van der Waals surface area contributed by atoms with E-state index in [2.05, 4.69) is 10.3 Å². The number of halogens is 5. The van der Waals surface area contributed by atoms with Crippen LogP contribution in [-0.2, 0) is 6.42 Å². The zero-order valence-electron chi connectivity index (χ0n) is 22.1. The highest BCUT2D eigenvalue weighted by atomic mass is 19.4. The molecule has 0 aliphatic carbocycles. The number of amides is 1. The van der Waals surface area contributed by atoms with Gasteiger partial charge in [-0.3, -0.25) is 9.59 Å². The Hall–Kier alpha value is -4.08. The van der Waals surface area contributed by atoms with Crippen LogP contribution in [0.2, 0.25) is 0 Å². The smallest absolute Gasteiger partial charge is 0.389 e. The summed E-state index contributed by atoms with van der Waals surface area (Å²) in [5.41, 5.74) is 0.336. The summed E-state index contributed by atoms with van der Waals surface area (Å²) in [5, 5.41) is 2.87. The maximum absolute atomic E-state index is 13.6. The lowest BCUT2D eigenvalue weighted by Gasteiger charge is -2.22. The SMILES string of the molecule is CCC(=O)c1c(-c2ccc(F)cc2)oc2nc(CCC(F)(F)F)c(-c3cccc(C(=O)NC(C)(C)CF)c3)cc12. The molecule has 4 rings (SSSR count). The maximum Gasteiger partial charge on any atom is 0.389 e. The van der Waals surface area contributed by atoms with Crippen LogP contribution in [0.15, 0.2) is 59.0 Å². The third kappa shape index (κ3) is 6.38. The van der Waals surface area contributed by atoms with E-state index < -0.39 is 43.0 Å². The molecule has 40 heavy (non-hydrogen) atoms. The fourth-order valence-electron chi connectivity index (χ4n) is 4.26. The quantitative estimate of drug-likeness (QED) is 0.168. The maximum atomic E-state index is 13.6. The molecular formula is C30H27F5N2O3. The van der Waals surface area contributed by atoms with E-state index >= 15 is 0 Å². The van der Waals surface area contributed by atoms with Gasteiger partial charge in [-0.05, 0) is 68.3 Å². The number of hydrogen-bond donors (Lipinski definition) is 1. The van der Waals surface area contributed by atoms with Gasteiger partial charge in [-0.2, -0.15) is 13.2 Å². The lowest BCUT2D eigenvalue weighted by atomic mass is 9.95. The summed E-state index contributed by atoms with van der Waals surface area (Å²) in [6.45, 7) is 3.89. The molecule has 2 aromatic heterocycles. The van der Waals surface area contributed by atoms with Crippen molar-refractivity contribution in [2.45, 2.75) is 51.7 Å². The van der Waals surface area contributed by atoms with E-state index in [1.807, 2.05) is 0 Å². The summed E-state index contributed by atoms with van der Waals surface area (Å²) < 4.78 is 72.4. The number of alkyl halides is 4. The topological polar surface area (TPSA) is 72.2 Å². The van der Waals surface area contributed by atoms with E-state index in [-0.39, 0.29) is 51.4 Å². The van der Waals surface area contributed by atoms with Gasteiger partial charge in [0.25, 0.3) is 5.91 Å². The molecule has 0 aliphatic rings. The zero-order chi connectivity index (χ0) is 29.2. The second kappa shape index (κ2) is 11.2. The Kier molecular flexibility index (Phi) is 8.09. The molecule has 0 saturated carbocycles. The van der Waals surface area contributed by atoms with Crippen molar-refractivity contribution in [2.75, 3.05) is 6.67 Å². The van der Waals surface area contributed by atoms with Gasteiger partial charge in [0.1, 0.15) is 18.3 Å². The lowest BCUT2D eigenvalue weighted by Crippen LogP contribution is -2.45. The molecule has 0 radical (unpaired) electrons. The van der Waals surface area contributed by atoms with Crippen LogP contribution in [0.25, 0.3) is 33.6 Å². The molecule has 0 fully saturated rings. The van der Waals surface area contributed by atoms with Crippen LogP contribution >= 0.6 is 0 Å². The highest BCUT2D eigenvalue weighted by Gasteiger charge is 2.29. The Balaban J connectivity index is 1.92. The van der Waals surface area contributed by atoms with E-state index in [9.17, 15) is 31.5 Å². The van der Waals surface area contributed by atoms with Crippen molar-refractivity contribution >= 4 is 22.8 Å². The fourth-order valence-corrected chi connectivity index (χ4v) is 4.26. The summed E-state index contributed by atoms with van der Waals surface area (Å²) in [5.74, 6) is -1.21. The molecule has 0 unspecified atom stereocenters. The van der Waals surface area contributed by atoms with Crippen molar-refractivity contribution in [2.24, 2.45) is 0 Å². The number of nitrogens with zero attached hydrogens (tertiary/aromatic N) is 1. The Labute approximate surface area is 227 Å². The largest absolute Gasteiger partial charge is 0.437 e.